The molecule has 5 aliphatic rings. The van der Waals surface area contributed by atoms with Crippen molar-refractivity contribution >= 4 is 16.8 Å². The second-order valence-electron chi connectivity index (χ2n) is 13.3. The summed E-state index contributed by atoms with van der Waals surface area (Å²) in [5.74, 6) is 0.146. The fourth-order valence-electron chi connectivity index (χ4n) is 8.52. The van der Waals surface area contributed by atoms with Crippen LogP contribution in [0.25, 0.3) is 11.0 Å². The van der Waals surface area contributed by atoms with E-state index in [0.29, 0.717) is 22.6 Å². The van der Waals surface area contributed by atoms with E-state index in [9.17, 15) is 9.90 Å². The average Bonchev–Trinajstić information content (AvgIpc) is 3.16. The van der Waals surface area contributed by atoms with Crippen LogP contribution in [0.1, 0.15) is 48.0 Å². The fourth-order valence-corrected chi connectivity index (χ4v) is 8.52. The SMILES string of the molecule is COc1ccc2onc(O[C@H]3C(C)=C[C@]45C(=O)[C@@H](C=C6COC(C)(C)O[C@H]6[C@]34O)[C@H]3[C@@H](C[C@H]5C)C3(C)C)c2c1. The molecule has 2 bridgehead atoms. The van der Waals surface area contributed by atoms with Crippen molar-refractivity contribution in [3.63, 3.8) is 0 Å². The maximum absolute atomic E-state index is 14.8. The number of ketones is 1. The molecule has 7 rings (SSSR count). The van der Waals surface area contributed by atoms with Gasteiger partial charge in [0.15, 0.2) is 28.9 Å². The molecule has 0 radical (unpaired) electrons. The van der Waals surface area contributed by atoms with Crippen molar-refractivity contribution in [1.82, 2.24) is 5.16 Å². The molecule has 1 spiro atoms. The van der Waals surface area contributed by atoms with Gasteiger partial charge in [0.05, 0.1) is 24.5 Å². The average molecular weight is 536 g/mol. The molecule has 3 fully saturated rings. The molecule has 208 valence electrons. The van der Waals surface area contributed by atoms with Crippen molar-refractivity contribution in [2.45, 2.75) is 71.6 Å². The molecule has 2 saturated carbocycles. The molecule has 8 nitrogen and oxygen atoms in total. The highest BCUT2D eigenvalue weighted by atomic mass is 16.7. The van der Waals surface area contributed by atoms with Gasteiger partial charge in [-0.1, -0.05) is 32.9 Å². The van der Waals surface area contributed by atoms with Crippen LogP contribution >= 0.6 is 0 Å². The second-order valence-corrected chi connectivity index (χ2v) is 13.3. The predicted molar refractivity (Wildman–Crippen MR) is 142 cm³/mol. The van der Waals surface area contributed by atoms with Gasteiger partial charge >= 0.3 is 0 Å². The van der Waals surface area contributed by atoms with E-state index < -0.39 is 29.0 Å². The lowest BCUT2D eigenvalue weighted by Crippen LogP contribution is -2.68. The molecular formula is C31H37NO7. The summed E-state index contributed by atoms with van der Waals surface area (Å²) in [6.45, 7) is 12.5. The largest absolute Gasteiger partial charge is 0.497 e. The van der Waals surface area contributed by atoms with Crippen molar-refractivity contribution in [2.75, 3.05) is 13.7 Å². The van der Waals surface area contributed by atoms with Crippen molar-refractivity contribution in [2.24, 2.45) is 34.5 Å². The van der Waals surface area contributed by atoms with Crippen LogP contribution < -0.4 is 9.47 Å². The summed E-state index contributed by atoms with van der Waals surface area (Å²) in [7, 11) is 1.59. The van der Waals surface area contributed by atoms with Crippen molar-refractivity contribution < 1.29 is 33.4 Å². The van der Waals surface area contributed by atoms with Crippen LogP contribution in [0.3, 0.4) is 0 Å². The molecule has 1 saturated heterocycles. The molecular weight excluding hydrogens is 498 g/mol. The minimum atomic E-state index is -1.72. The van der Waals surface area contributed by atoms with E-state index in [4.69, 9.17) is 23.5 Å². The Balaban J connectivity index is 1.41. The Morgan fingerprint density at radius 2 is 1.95 bits per heavy atom. The Kier molecular flexibility index (Phi) is 5.02. The van der Waals surface area contributed by atoms with Gasteiger partial charge in [-0.05, 0) is 84.9 Å². The molecule has 8 heteroatoms. The zero-order valence-electron chi connectivity index (χ0n) is 23.6. The third-order valence-electron chi connectivity index (χ3n) is 10.5. The highest BCUT2D eigenvalue weighted by molar-refractivity contribution is 5.95. The first-order valence-corrected chi connectivity index (χ1v) is 13.9. The van der Waals surface area contributed by atoms with Crippen LogP contribution in [0, 0.1) is 34.5 Å². The van der Waals surface area contributed by atoms with Crippen molar-refractivity contribution in [3.8, 4) is 11.6 Å². The van der Waals surface area contributed by atoms with Crippen molar-refractivity contribution in [3.05, 3.63) is 41.5 Å². The van der Waals surface area contributed by atoms with Crippen molar-refractivity contribution in [1.29, 1.82) is 0 Å². The van der Waals surface area contributed by atoms with Gasteiger partial charge in [-0.3, -0.25) is 4.79 Å². The lowest BCUT2D eigenvalue weighted by molar-refractivity contribution is -0.301. The Bertz CT molecular complexity index is 1450. The Morgan fingerprint density at radius 3 is 2.69 bits per heavy atom. The molecule has 8 atom stereocenters. The number of ether oxygens (including phenoxy) is 4. The van der Waals surface area contributed by atoms with Gasteiger partial charge in [-0.15, -0.1) is 0 Å². The monoisotopic (exact) mass is 535 g/mol. The van der Waals surface area contributed by atoms with E-state index in [2.05, 4.69) is 32.0 Å². The van der Waals surface area contributed by atoms with Gasteiger partial charge in [0.1, 0.15) is 11.9 Å². The molecule has 1 aromatic carbocycles. The zero-order valence-corrected chi connectivity index (χ0v) is 23.6. The van der Waals surface area contributed by atoms with Gasteiger partial charge < -0.3 is 28.6 Å². The van der Waals surface area contributed by atoms with Crippen LogP contribution in [-0.4, -0.2) is 53.4 Å². The molecule has 1 aromatic heterocycles. The molecule has 1 N–H and O–H groups in total. The Morgan fingerprint density at radius 1 is 1.18 bits per heavy atom. The number of methoxy groups -OCH3 is 1. The summed E-state index contributed by atoms with van der Waals surface area (Å²) in [5, 5.41) is 18.1. The molecule has 4 aliphatic carbocycles. The van der Waals surface area contributed by atoms with E-state index >= 15 is 0 Å². The van der Waals surface area contributed by atoms with Crippen LogP contribution in [0.4, 0.5) is 0 Å². The smallest absolute Gasteiger partial charge is 0.262 e. The van der Waals surface area contributed by atoms with E-state index in [1.807, 2.05) is 26.8 Å². The number of rotatable bonds is 3. The first kappa shape index (κ1) is 25.3. The summed E-state index contributed by atoms with van der Waals surface area (Å²) >= 11 is 0. The maximum Gasteiger partial charge on any atom is 0.262 e. The van der Waals surface area contributed by atoms with Gasteiger partial charge in [0, 0.05) is 5.92 Å². The first-order valence-electron chi connectivity index (χ1n) is 13.9. The van der Waals surface area contributed by atoms with Crippen LogP contribution in [0.5, 0.6) is 11.6 Å². The molecule has 2 heterocycles. The van der Waals surface area contributed by atoms with Gasteiger partial charge in [0.25, 0.3) is 5.88 Å². The lowest BCUT2D eigenvalue weighted by Gasteiger charge is -2.52. The zero-order chi connectivity index (χ0) is 27.7. The number of carbonyl (C=O) groups is 1. The number of fused-ring (bicyclic) bond motifs is 6. The molecule has 1 aliphatic heterocycles. The molecule has 0 unspecified atom stereocenters. The number of hydrogen-bond acceptors (Lipinski definition) is 8. The van der Waals surface area contributed by atoms with E-state index in [1.165, 1.54) is 0 Å². The normalized spacial score (nSPS) is 41.4. The third kappa shape index (κ3) is 3.11. The number of hydrogen-bond donors (Lipinski definition) is 1. The van der Waals surface area contributed by atoms with Gasteiger partial charge in [0.2, 0.25) is 0 Å². The summed E-state index contributed by atoms with van der Waals surface area (Å²) < 4.78 is 30.2. The van der Waals surface area contributed by atoms with Crippen LogP contribution in [-0.2, 0) is 14.3 Å². The number of benzene rings is 1. The van der Waals surface area contributed by atoms with Gasteiger partial charge in [-0.2, -0.15) is 0 Å². The summed E-state index contributed by atoms with van der Waals surface area (Å²) in [6.07, 6.45) is 3.19. The topological polar surface area (TPSA) is 100 Å². The highest BCUT2D eigenvalue weighted by Gasteiger charge is 2.77. The van der Waals surface area contributed by atoms with Crippen LogP contribution in [0.2, 0.25) is 0 Å². The minimum Gasteiger partial charge on any atom is -0.497 e. The molecule has 0 amide bonds. The Labute approximate surface area is 228 Å². The fraction of sp³-hybridized carbons (Fsp3) is 0.613. The summed E-state index contributed by atoms with van der Waals surface area (Å²) in [5.41, 5.74) is -0.731. The Hall–Kier alpha value is -2.68. The maximum atomic E-state index is 14.8. The number of allylic oxidation sites excluding steroid dienone is 1. The third-order valence-corrected chi connectivity index (χ3v) is 10.5. The van der Waals surface area contributed by atoms with E-state index in [1.54, 1.807) is 25.3 Å². The predicted octanol–water partition coefficient (Wildman–Crippen LogP) is 4.85. The summed E-state index contributed by atoms with van der Waals surface area (Å²) in [6, 6.07) is 5.36. The molecule has 2 aromatic rings. The highest BCUT2D eigenvalue weighted by Crippen LogP contribution is 2.72. The number of aliphatic hydroxyl groups is 1. The number of aromatic nitrogens is 1. The molecule has 39 heavy (non-hydrogen) atoms. The first-order chi connectivity index (χ1) is 18.3. The number of carbonyl (C=O) groups excluding carboxylic acids is 1. The second kappa shape index (κ2) is 7.74. The number of nitrogens with zero attached hydrogens (tertiary/aromatic N) is 1. The van der Waals surface area contributed by atoms with Gasteiger partial charge in [-0.25, -0.2) is 0 Å². The minimum absolute atomic E-state index is 0.0519. The quantitative estimate of drug-likeness (QED) is 0.557. The van der Waals surface area contributed by atoms with Crippen LogP contribution in [0.15, 0.2) is 46.0 Å². The van der Waals surface area contributed by atoms with E-state index in [-0.39, 0.29) is 41.4 Å². The lowest BCUT2D eigenvalue weighted by atomic mass is 9.59. The standard InChI is InChI=1S/C31H37NO7/c1-15-13-30-16(2)10-21-23(28(21,3)4)20(24(30)33)11-17-14-36-29(5,6)38-26(17)31(30,34)25(15)37-27-19-12-18(35-7)8-9-22(19)39-32-27/h8-9,11-13,16,20-21,23,25-26,34H,10,14H2,1-7H3/t16-,20+,21-,23+,25+,26-,30+,31-/m1/s1. The summed E-state index contributed by atoms with van der Waals surface area (Å²) in [4.78, 5) is 14.8. The van der Waals surface area contributed by atoms with E-state index in [0.717, 1.165) is 17.6 Å². The number of Topliss-reactive ketones (excluding diaryl/α,β-unsaturated/α-hetero) is 1.